The van der Waals surface area contributed by atoms with E-state index in [9.17, 15) is 4.39 Å². The van der Waals surface area contributed by atoms with Crippen molar-refractivity contribution < 1.29 is 4.39 Å². The van der Waals surface area contributed by atoms with Crippen LogP contribution in [0.25, 0.3) is 0 Å². The van der Waals surface area contributed by atoms with Crippen molar-refractivity contribution in [3.05, 3.63) is 53.3 Å². The van der Waals surface area contributed by atoms with Gasteiger partial charge in [-0.25, -0.2) is 14.4 Å². The first kappa shape index (κ1) is 25.1. The molecular formula is C33H40FN5. The van der Waals surface area contributed by atoms with E-state index in [2.05, 4.69) is 42.7 Å². The molecule has 6 aliphatic rings. The largest absolute Gasteiger partial charge is 0.341 e. The number of halogens is 1. The molecule has 3 fully saturated rings. The normalized spacial score (nSPS) is 31.2. The lowest BCUT2D eigenvalue weighted by Gasteiger charge is -2.40. The molecule has 3 saturated carbocycles. The summed E-state index contributed by atoms with van der Waals surface area (Å²) < 4.78 is 14.3. The Labute approximate surface area is 231 Å². The highest BCUT2D eigenvalue weighted by Crippen LogP contribution is 2.63. The number of rotatable bonds is 10. The number of anilines is 1. The molecule has 204 valence electrons. The van der Waals surface area contributed by atoms with Gasteiger partial charge in [-0.1, -0.05) is 25.6 Å². The number of amidine groups is 2. The second-order valence-electron chi connectivity index (χ2n) is 12.9. The Balaban J connectivity index is 1.17. The van der Waals surface area contributed by atoms with Gasteiger partial charge in [-0.15, -0.1) is 0 Å². The number of nitrogens with zero attached hydrogens (tertiary/aromatic N) is 5. The number of benzene rings is 1. The zero-order valence-corrected chi connectivity index (χ0v) is 23.5. The lowest BCUT2D eigenvalue weighted by molar-refractivity contribution is 0.298. The molecule has 0 spiro atoms. The molecule has 7 rings (SSSR count). The van der Waals surface area contributed by atoms with Crippen LogP contribution in [0.1, 0.15) is 83.6 Å². The third-order valence-electron chi connectivity index (χ3n) is 10.3. The van der Waals surface area contributed by atoms with Gasteiger partial charge in [0.15, 0.2) is 0 Å². The van der Waals surface area contributed by atoms with Gasteiger partial charge in [0.25, 0.3) is 0 Å². The van der Waals surface area contributed by atoms with E-state index < -0.39 is 6.17 Å². The van der Waals surface area contributed by atoms with Crippen molar-refractivity contribution in [3.63, 3.8) is 0 Å². The van der Waals surface area contributed by atoms with Gasteiger partial charge in [0, 0.05) is 47.8 Å². The summed E-state index contributed by atoms with van der Waals surface area (Å²) in [6.45, 7) is 11.1. The van der Waals surface area contributed by atoms with Crippen LogP contribution in [0.2, 0.25) is 0 Å². The quantitative estimate of drug-likeness (QED) is 0.317. The van der Waals surface area contributed by atoms with E-state index in [-0.39, 0.29) is 10.8 Å². The standard InChI is InChI=1S/C33H40FN5/c1-4-6-30-35-18-29(38-30)33-13-11-32(19-33,12-14-33)20-39(22(3)26-16-27(34)21(26)2)25-8-5-7-24(15-25)28-17-36-31(37-28)23-9-10-23/h5,7-8,15,23,27H,3-4,6,9-14,16-20H2,1-2H3. The van der Waals surface area contributed by atoms with Gasteiger partial charge in [0.1, 0.15) is 17.8 Å². The lowest BCUT2D eigenvalue weighted by atomic mass is 9.78. The minimum atomic E-state index is -0.836. The Morgan fingerprint density at radius 3 is 2.64 bits per heavy atom. The summed E-state index contributed by atoms with van der Waals surface area (Å²) in [6, 6.07) is 8.74. The fraction of sp³-hybridized carbons (Fsp3) is 0.576. The summed E-state index contributed by atoms with van der Waals surface area (Å²) in [6.07, 6.45) is 10.1. The van der Waals surface area contributed by atoms with Gasteiger partial charge >= 0.3 is 0 Å². The summed E-state index contributed by atoms with van der Waals surface area (Å²) in [5.41, 5.74) is 7.98. The first-order chi connectivity index (χ1) is 18.9. The van der Waals surface area contributed by atoms with Gasteiger partial charge < -0.3 is 4.90 Å². The molecule has 2 aliphatic heterocycles. The molecule has 39 heavy (non-hydrogen) atoms. The first-order valence-corrected chi connectivity index (χ1v) is 15.0. The molecule has 0 aromatic heterocycles. The molecule has 1 unspecified atom stereocenters. The number of hydrogen-bond acceptors (Lipinski definition) is 5. The van der Waals surface area contributed by atoms with Crippen LogP contribution in [0.15, 0.2) is 67.7 Å². The molecule has 0 saturated heterocycles. The van der Waals surface area contributed by atoms with Gasteiger partial charge in [-0.3, -0.25) is 9.98 Å². The second kappa shape index (κ2) is 9.35. The molecule has 4 aliphatic carbocycles. The van der Waals surface area contributed by atoms with Crippen molar-refractivity contribution in [3.8, 4) is 0 Å². The molecule has 2 heterocycles. The molecular weight excluding hydrogens is 485 g/mol. The van der Waals surface area contributed by atoms with Crippen LogP contribution in [-0.4, -0.2) is 48.9 Å². The SMILES string of the molecule is C=C(C1=C(C)C(F)C1)N(CC12CCC(C3=NC(CCC)=NC3)(CC1)C2)c1cccc(C2=NC(C3CC3)=NC2)c1. The highest BCUT2D eigenvalue weighted by molar-refractivity contribution is 6.13. The summed E-state index contributed by atoms with van der Waals surface area (Å²) in [5.74, 6) is 2.66. The molecule has 6 heteroatoms. The van der Waals surface area contributed by atoms with Gasteiger partial charge in [0.05, 0.1) is 18.8 Å². The van der Waals surface area contributed by atoms with Crippen LogP contribution >= 0.6 is 0 Å². The molecule has 1 aromatic carbocycles. The Morgan fingerprint density at radius 2 is 1.92 bits per heavy atom. The minimum absolute atomic E-state index is 0.207. The van der Waals surface area contributed by atoms with E-state index in [0.717, 1.165) is 71.4 Å². The average Bonchev–Trinajstić information content (AvgIpc) is 3.32. The first-order valence-electron chi connectivity index (χ1n) is 15.0. The van der Waals surface area contributed by atoms with Crippen LogP contribution in [0.5, 0.6) is 0 Å². The molecule has 0 radical (unpaired) electrons. The van der Waals surface area contributed by atoms with E-state index in [0.29, 0.717) is 18.9 Å². The third-order valence-corrected chi connectivity index (χ3v) is 10.3. The van der Waals surface area contributed by atoms with Crippen LogP contribution in [0.3, 0.4) is 0 Å². The number of aliphatic imine (C=N–C) groups is 4. The van der Waals surface area contributed by atoms with E-state index >= 15 is 0 Å². The van der Waals surface area contributed by atoms with Gasteiger partial charge in [-0.05, 0) is 92.5 Å². The van der Waals surface area contributed by atoms with Crippen LogP contribution in [-0.2, 0) is 0 Å². The van der Waals surface area contributed by atoms with Crippen molar-refractivity contribution in [2.75, 3.05) is 24.5 Å². The topological polar surface area (TPSA) is 52.7 Å². The van der Waals surface area contributed by atoms with E-state index in [1.54, 1.807) is 0 Å². The van der Waals surface area contributed by atoms with E-state index in [4.69, 9.17) is 20.0 Å². The highest BCUT2D eigenvalue weighted by Gasteiger charge is 2.57. The van der Waals surface area contributed by atoms with E-state index in [1.165, 1.54) is 50.7 Å². The zero-order chi connectivity index (χ0) is 26.8. The Kier molecular flexibility index (Phi) is 6.02. The van der Waals surface area contributed by atoms with Crippen LogP contribution in [0.4, 0.5) is 10.1 Å². The maximum Gasteiger partial charge on any atom is 0.127 e. The van der Waals surface area contributed by atoms with Crippen molar-refractivity contribution in [1.82, 2.24) is 0 Å². The molecule has 5 nitrogen and oxygen atoms in total. The average molecular weight is 526 g/mol. The molecule has 1 aromatic rings. The fourth-order valence-electron chi connectivity index (χ4n) is 7.65. The monoisotopic (exact) mass is 525 g/mol. The molecule has 2 bridgehead atoms. The minimum Gasteiger partial charge on any atom is -0.341 e. The predicted molar refractivity (Wildman–Crippen MR) is 159 cm³/mol. The number of alkyl halides is 1. The number of allylic oxidation sites excluding steroid dienone is 2. The Bertz CT molecular complexity index is 1370. The number of hydrogen-bond donors (Lipinski definition) is 0. The lowest BCUT2D eigenvalue weighted by Crippen LogP contribution is -2.37. The highest BCUT2D eigenvalue weighted by atomic mass is 19.1. The Morgan fingerprint density at radius 1 is 1.10 bits per heavy atom. The van der Waals surface area contributed by atoms with Crippen LogP contribution < -0.4 is 4.90 Å². The Hall–Kier alpha value is -2.89. The summed E-state index contributed by atoms with van der Waals surface area (Å²) >= 11 is 0. The van der Waals surface area contributed by atoms with Crippen LogP contribution in [0, 0.1) is 16.7 Å². The summed E-state index contributed by atoms with van der Waals surface area (Å²) in [5, 5.41) is 0. The van der Waals surface area contributed by atoms with Crippen molar-refractivity contribution in [2.24, 2.45) is 36.7 Å². The van der Waals surface area contributed by atoms with Crippen molar-refractivity contribution in [2.45, 2.75) is 84.2 Å². The van der Waals surface area contributed by atoms with Gasteiger partial charge in [0.2, 0.25) is 0 Å². The second-order valence-corrected chi connectivity index (χ2v) is 12.9. The third kappa shape index (κ3) is 4.35. The van der Waals surface area contributed by atoms with Crippen molar-refractivity contribution >= 4 is 28.8 Å². The molecule has 0 N–H and O–H groups in total. The molecule has 0 amide bonds. The molecule has 1 atom stereocenters. The predicted octanol–water partition coefficient (Wildman–Crippen LogP) is 7.28. The summed E-state index contributed by atoms with van der Waals surface area (Å²) in [4.78, 5) is 21.8. The number of fused-ring (bicyclic) bond motifs is 2. The summed E-state index contributed by atoms with van der Waals surface area (Å²) in [7, 11) is 0. The maximum atomic E-state index is 14.3. The van der Waals surface area contributed by atoms with Gasteiger partial charge in [-0.2, -0.15) is 0 Å². The van der Waals surface area contributed by atoms with Crippen molar-refractivity contribution in [1.29, 1.82) is 0 Å². The fourth-order valence-corrected chi connectivity index (χ4v) is 7.65. The zero-order valence-electron chi connectivity index (χ0n) is 23.5. The smallest absolute Gasteiger partial charge is 0.127 e. The maximum absolute atomic E-state index is 14.3. The van der Waals surface area contributed by atoms with E-state index in [1.807, 2.05) is 6.92 Å².